The van der Waals surface area contributed by atoms with Crippen LogP contribution in [0.3, 0.4) is 0 Å². The highest BCUT2D eigenvalue weighted by molar-refractivity contribution is 6.31. The molecule has 0 radical (unpaired) electrons. The molecular weight excluding hydrogens is 277 g/mol. The van der Waals surface area contributed by atoms with Gasteiger partial charge in [-0.05, 0) is 36.2 Å². The lowest BCUT2D eigenvalue weighted by molar-refractivity contribution is 0.170. The molecule has 0 saturated carbocycles. The van der Waals surface area contributed by atoms with Crippen molar-refractivity contribution in [1.82, 2.24) is 5.32 Å². The van der Waals surface area contributed by atoms with Crippen LogP contribution < -0.4 is 5.32 Å². The van der Waals surface area contributed by atoms with Crippen LogP contribution in [-0.4, -0.2) is 11.7 Å². The highest BCUT2D eigenvalue weighted by Crippen LogP contribution is 2.22. The summed E-state index contributed by atoms with van der Waals surface area (Å²) in [4.78, 5) is 0. The number of benzene rings is 2. The van der Waals surface area contributed by atoms with E-state index in [0.717, 1.165) is 5.56 Å². The fourth-order valence-electron chi connectivity index (χ4n) is 2.03. The summed E-state index contributed by atoms with van der Waals surface area (Å²) >= 11 is 6.12. The molecule has 2 nitrogen and oxygen atoms in total. The standard InChI is InChI=1S/C16H17ClFNO/c1-11(14-4-2-3-5-15(14)17)19-10-16(20)12-6-8-13(18)9-7-12/h2-9,11,16,19-20H,10H2,1H3. The van der Waals surface area contributed by atoms with Gasteiger partial charge in [0, 0.05) is 17.6 Å². The molecule has 0 aliphatic rings. The molecule has 106 valence electrons. The lowest BCUT2D eigenvalue weighted by Gasteiger charge is -2.18. The fourth-order valence-corrected chi connectivity index (χ4v) is 2.33. The Bertz CT molecular complexity index is 559. The summed E-state index contributed by atoms with van der Waals surface area (Å²) in [5.41, 5.74) is 1.67. The topological polar surface area (TPSA) is 32.3 Å². The summed E-state index contributed by atoms with van der Waals surface area (Å²) < 4.78 is 12.8. The summed E-state index contributed by atoms with van der Waals surface area (Å²) in [6.07, 6.45) is -0.680. The lowest BCUT2D eigenvalue weighted by atomic mass is 10.1. The van der Waals surface area contributed by atoms with Crippen LogP contribution in [0.4, 0.5) is 4.39 Å². The summed E-state index contributed by atoms with van der Waals surface area (Å²) in [6.45, 7) is 2.36. The molecule has 0 spiro atoms. The van der Waals surface area contributed by atoms with E-state index in [1.54, 1.807) is 12.1 Å². The maximum atomic E-state index is 12.8. The Morgan fingerprint density at radius 2 is 1.80 bits per heavy atom. The molecule has 20 heavy (non-hydrogen) atoms. The van der Waals surface area contributed by atoms with Crippen molar-refractivity contribution in [3.05, 3.63) is 70.5 Å². The Morgan fingerprint density at radius 3 is 2.45 bits per heavy atom. The van der Waals surface area contributed by atoms with E-state index in [1.807, 2.05) is 31.2 Å². The van der Waals surface area contributed by atoms with E-state index in [4.69, 9.17) is 11.6 Å². The van der Waals surface area contributed by atoms with E-state index in [9.17, 15) is 9.50 Å². The van der Waals surface area contributed by atoms with Crippen LogP contribution in [0.5, 0.6) is 0 Å². The third kappa shape index (κ3) is 3.79. The van der Waals surface area contributed by atoms with Crippen LogP contribution in [0.2, 0.25) is 5.02 Å². The molecule has 0 fully saturated rings. The molecule has 0 saturated heterocycles. The number of nitrogens with one attached hydrogen (secondary N) is 1. The molecular formula is C16H17ClFNO. The maximum Gasteiger partial charge on any atom is 0.123 e. The zero-order valence-electron chi connectivity index (χ0n) is 11.2. The minimum absolute atomic E-state index is 0.0267. The van der Waals surface area contributed by atoms with Crippen molar-refractivity contribution in [1.29, 1.82) is 0 Å². The number of rotatable bonds is 5. The largest absolute Gasteiger partial charge is 0.387 e. The Labute approximate surface area is 123 Å². The second-order valence-electron chi connectivity index (χ2n) is 4.72. The highest BCUT2D eigenvalue weighted by Gasteiger charge is 2.12. The third-order valence-electron chi connectivity index (χ3n) is 3.24. The molecule has 0 heterocycles. The molecule has 2 rings (SSSR count). The van der Waals surface area contributed by atoms with Crippen LogP contribution in [0.1, 0.15) is 30.2 Å². The summed E-state index contributed by atoms with van der Waals surface area (Å²) in [7, 11) is 0. The van der Waals surface area contributed by atoms with Crippen molar-refractivity contribution in [3.63, 3.8) is 0 Å². The van der Waals surface area contributed by atoms with Crippen LogP contribution in [0.15, 0.2) is 48.5 Å². The number of aliphatic hydroxyl groups is 1. The van der Waals surface area contributed by atoms with Gasteiger partial charge in [-0.3, -0.25) is 0 Å². The van der Waals surface area contributed by atoms with Gasteiger partial charge in [-0.25, -0.2) is 4.39 Å². The molecule has 0 bridgehead atoms. The number of halogens is 2. The van der Waals surface area contributed by atoms with Gasteiger partial charge >= 0.3 is 0 Å². The normalized spacial score (nSPS) is 14.0. The molecule has 0 amide bonds. The van der Waals surface area contributed by atoms with Crippen molar-refractivity contribution in [2.45, 2.75) is 19.1 Å². The van der Waals surface area contributed by atoms with Crippen molar-refractivity contribution in [2.75, 3.05) is 6.54 Å². The molecule has 2 unspecified atom stereocenters. The first-order valence-corrected chi connectivity index (χ1v) is 6.87. The molecule has 0 aromatic heterocycles. The van der Waals surface area contributed by atoms with Crippen LogP contribution in [0, 0.1) is 5.82 Å². The second-order valence-corrected chi connectivity index (χ2v) is 5.13. The minimum Gasteiger partial charge on any atom is -0.387 e. The number of aliphatic hydroxyl groups excluding tert-OH is 1. The summed E-state index contributed by atoms with van der Waals surface area (Å²) in [6, 6.07) is 13.5. The highest BCUT2D eigenvalue weighted by atomic mass is 35.5. The lowest BCUT2D eigenvalue weighted by Crippen LogP contribution is -2.24. The minimum atomic E-state index is -0.680. The Hall–Kier alpha value is -1.42. The van der Waals surface area contributed by atoms with E-state index in [0.29, 0.717) is 17.1 Å². The van der Waals surface area contributed by atoms with Crippen LogP contribution in [-0.2, 0) is 0 Å². The molecule has 4 heteroatoms. The molecule has 0 aliphatic heterocycles. The first-order valence-electron chi connectivity index (χ1n) is 6.49. The van der Waals surface area contributed by atoms with Crippen molar-refractivity contribution < 1.29 is 9.50 Å². The van der Waals surface area contributed by atoms with E-state index in [1.165, 1.54) is 12.1 Å². The third-order valence-corrected chi connectivity index (χ3v) is 3.59. The monoisotopic (exact) mass is 293 g/mol. The number of hydrogen-bond donors (Lipinski definition) is 2. The van der Waals surface area contributed by atoms with Gasteiger partial charge < -0.3 is 10.4 Å². The summed E-state index contributed by atoms with van der Waals surface area (Å²) in [5, 5.41) is 14.0. The number of hydrogen-bond acceptors (Lipinski definition) is 2. The van der Waals surface area contributed by atoms with Gasteiger partial charge in [0.25, 0.3) is 0 Å². The van der Waals surface area contributed by atoms with Crippen LogP contribution >= 0.6 is 11.6 Å². The average Bonchev–Trinajstić information content (AvgIpc) is 2.45. The summed E-state index contributed by atoms with van der Waals surface area (Å²) in [5.74, 6) is -0.307. The van der Waals surface area contributed by atoms with Crippen LogP contribution in [0.25, 0.3) is 0 Å². The molecule has 2 aromatic rings. The van der Waals surface area contributed by atoms with E-state index < -0.39 is 6.10 Å². The SMILES string of the molecule is CC(NCC(O)c1ccc(F)cc1)c1ccccc1Cl. The first-order chi connectivity index (χ1) is 9.58. The fraction of sp³-hybridized carbons (Fsp3) is 0.250. The zero-order valence-corrected chi connectivity index (χ0v) is 11.9. The maximum absolute atomic E-state index is 12.8. The van der Waals surface area contributed by atoms with Gasteiger partial charge in [0.15, 0.2) is 0 Å². The predicted molar refractivity (Wildman–Crippen MR) is 79.2 cm³/mol. The van der Waals surface area contributed by atoms with E-state index >= 15 is 0 Å². The van der Waals surface area contributed by atoms with Crippen molar-refractivity contribution in [2.24, 2.45) is 0 Å². The average molecular weight is 294 g/mol. The predicted octanol–water partition coefficient (Wildman–Crippen LogP) is 3.86. The smallest absolute Gasteiger partial charge is 0.123 e. The van der Waals surface area contributed by atoms with Gasteiger partial charge in [0.05, 0.1) is 6.10 Å². The quantitative estimate of drug-likeness (QED) is 0.877. The van der Waals surface area contributed by atoms with Crippen molar-refractivity contribution >= 4 is 11.6 Å². The van der Waals surface area contributed by atoms with Gasteiger partial charge in [-0.15, -0.1) is 0 Å². The van der Waals surface area contributed by atoms with Crippen molar-refractivity contribution in [3.8, 4) is 0 Å². The Kier molecular flexibility index (Phi) is 5.12. The zero-order chi connectivity index (χ0) is 14.5. The van der Waals surface area contributed by atoms with Gasteiger partial charge in [0.2, 0.25) is 0 Å². The first kappa shape index (κ1) is 15.0. The molecule has 0 aliphatic carbocycles. The van der Waals surface area contributed by atoms with Gasteiger partial charge in [-0.2, -0.15) is 0 Å². The molecule has 2 N–H and O–H groups in total. The second kappa shape index (κ2) is 6.84. The van der Waals surface area contributed by atoms with E-state index in [2.05, 4.69) is 5.32 Å². The van der Waals surface area contributed by atoms with Gasteiger partial charge in [0.1, 0.15) is 5.82 Å². The van der Waals surface area contributed by atoms with E-state index in [-0.39, 0.29) is 11.9 Å². The Balaban J connectivity index is 1.95. The Morgan fingerprint density at radius 1 is 1.15 bits per heavy atom. The van der Waals surface area contributed by atoms with Gasteiger partial charge in [-0.1, -0.05) is 41.9 Å². The molecule has 2 atom stereocenters. The molecule has 2 aromatic carbocycles.